The fraction of sp³-hybridized carbons (Fsp3) is 0.831. The van der Waals surface area contributed by atoms with Gasteiger partial charge < -0.3 is 14.2 Å². The van der Waals surface area contributed by atoms with Crippen molar-refractivity contribution in [3.8, 4) is 0 Å². The van der Waals surface area contributed by atoms with Gasteiger partial charge in [0, 0.05) is 19.3 Å². The third kappa shape index (κ3) is 58.1. The molecule has 0 aliphatic heterocycles. The second kappa shape index (κ2) is 59.9. The zero-order valence-electron chi connectivity index (χ0n) is 47.5. The summed E-state index contributed by atoms with van der Waals surface area (Å²) in [5.74, 6) is -0.872. The minimum absolute atomic E-state index is 0.0755. The van der Waals surface area contributed by atoms with Gasteiger partial charge in [-0.15, -0.1) is 0 Å². The van der Waals surface area contributed by atoms with Crippen LogP contribution < -0.4 is 0 Å². The number of rotatable bonds is 57. The van der Waals surface area contributed by atoms with E-state index in [9.17, 15) is 14.4 Å². The molecule has 0 fully saturated rings. The molecule has 0 aliphatic carbocycles. The summed E-state index contributed by atoms with van der Waals surface area (Å²) >= 11 is 0. The Bertz CT molecular complexity index is 1230. The maximum Gasteiger partial charge on any atom is 0.306 e. The van der Waals surface area contributed by atoms with E-state index in [4.69, 9.17) is 14.2 Å². The third-order valence-corrected chi connectivity index (χ3v) is 13.8. The van der Waals surface area contributed by atoms with Crippen molar-refractivity contribution < 1.29 is 28.6 Å². The van der Waals surface area contributed by atoms with E-state index in [0.29, 0.717) is 19.3 Å². The first-order valence-corrected chi connectivity index (χ1v) is 31.1. The highest BCUT2D eigenvalue weighted by molar-refractivity contribution is 5.71. The first-order valence-electron chi connectivity index (χ1n) is 31.1. The van der Waals surface area contributed by atoms with Gasteiger partial charge in [0.15, 0.2) is 6.10 Å². The molecule has 71 heavy (non-hydrogen) atoms. The molecule has 414 valence electrons. The number of allylic oxidation sites excluding steroid dienone is 8. The molecule has 0 aromatic heterocycles. The average molecular weight is 996 g/mol. The van der Waals surface area contributed by atoms with E-state index >= 15 is 0 Å². The van der Waals surface area contributed by atoms with Crippen molar-refractivity contribution in [3.63, 3.8) is 0 Å². The van der Waals surface area contributed by atoms with Gasteiger partial charge in [-0.25, -0.2) is 0 Å². The van der Waals surface area contributed by atoms with Gasteiger partial charge in [0.2, 0.25) is 0 Å². The van der Waals surface area contributed by atoms with E-state index in [1.54, 1.807) is 0 Å². The Morgan fingerprint density at radius 1 is 0.282 bits per heavy atom. The van der Waals surface area contributed by atoms with Crippen LogP contribution in [0.4, 0.5) is 0 Å². The molecule has 1 atom stereocenters. The molecule has 0 N–H and O–H groups in total. The maximum absolute atomic E-state index is 12.9. The largest absolute Gasteiger partial charge is 0.462 e. The second-order valence-corrected chi connectivity index (χ2v) is 21.0. The molecule has 0 saturated carbocycles. The van der Waals surface area contributed by atoms with Gasteiger partial charge in [0.05, 0.1) is 0 Å². The third-order valence-electron chi connectivity index (χ3n) is 13.8. The molecule has 6 heteroatoms. The lowest BCUT2D eigenvalue weighted by Gasteiger charge is -2.18. The van der Waals surface area contributed by atoms with Crippen LogP contribution in [0.15, 0.2) is 48.6 Å². The lowest BCUT2D eigenvalue weighted by molar-refractivity contribution is -0.167. The fourth-order valence-electron chi connectivity index (χ4n) is 9.09. The van der Waals surface area contributed by atoms with E-state index < -0.39 is 6.10 Å². The van der Waals surface area contributed by atoms with E-state index in [1.807, 2.05) is 0 Å². The summed E-state index contributed by atoms with van der Waals surface area (Å²) in [6.45, 7) is 6.63. The van der Waals surface area contributed by atoms with E-state index in [1.165, 1.54) is 205 Å². The molecule has 0 bridgehead atoms. The Kier molecular flexibility index (Phi) is 57.7. The van der Waals surface area contributed by atoms with Crippen LogP contribution in [0.3, 0.4) is 0 Å². The first kappa shape index (κ1) is 68.4. The fourth-order valence-corrected chi connectivity index (χ4v) is 9.09. The van der Waals surface area contributed by atoms with Crippen molar-refractivity contribution in [2.75, 3.05) is 13.2 Å². The second-order valence-electron chi connectivity index (χ2n) is 21.0. The molecule has 0 unspecified atom stereocenters. The molecular weight excluding hydrogens is 877 g/mol. The summed E-state index contributed by atoms with van der Waals surface area (Å²) in [5, 5.41) is 0. The molecule has 0 rings (SSSR count). The van der Waals surface area contributed by atoms with Crippen molar-refractivity contribution >= 4 is 17.9 Å². The molecule has 0 aromatic carbocycles. The molecule has 6 nitrogen and oxygen atoms in total. The molecule has 0 amide bonds. The van der Waals surface area contributed by atoms with Crippen LogP contribution in [0.5, 0.6) is 0 Å². The molecule has 0 aliphatic rings. The Labute approximate surface area is 441 Å². The average Bonchev–Trinajstić information content (AvgIpc) is 3.37. The van der Waals surface area contributed by atoms with Crippen LogP contribution in [0, 0.1) is 0 Å². The zero-order valence-corrected chi connectivity index (χ0v) is 47.5. The first-order chi connectivity index (χ1) is 35.0. The Morgan fingerprint density at radius 2 is 0.507 bits per heavy atom. The van der Waals surface area contributed by atoms with Crippen LogP contribution in [0.1, 0.15) is 329 Å². The summed E-state index contributed by atoms with van der Waals surface area (Å²) in [6, 6.07) is 0. The lowest BCUT2D eigenvalue weighted by atomic mass is 10.0. The highest BCUT2D eigenvalue weighted by Gasteiger charge is 2.19. The smallest absolute Gasteiger partial charge is 0.306 e. The monoisotopic (exact) mass is 995 g/mol. The molecule has 0 saturated heterocycles. The van der Waals surface area contributed by atoms with Crippen LogP contribution in [0.25, 0.3) is 0 Å². The molecule has 0 heterocycles. The molecular formula is C65H118O6. The number of esters is 3. The van der Waals surface area contributed by atoms with Crippen LogP contribution in [-0.2, 0) is 28.6 Å². The topological polar surface area (TPSA) is 78.9 Å². The molecule has 0 spiro atoms. The highest BCUT2D eigenvalue weighted by Crippen LogP contribution is 2.17. The summed E-state index contributed by atoms with van der Waals surface area (Å²) in [4.78, 5) is 38.3. The normalized spacial score (nSPS) is 12.3. The van der Waals surface area contributed by atoms with Crippen molar-refractivity contribution in [2.45, 2.75) is 335 Å². The summed E-state index contributed by atoms with van der Waals surface area (Å²) in [7, 11) is 0. The maximum atomic E-state index is 12.9. The zero-order chi connectivity index (χ0) is 51.4. The highest BCUT2D eigenvalue weighted by atomic mass is 16.6. The molecule has 0 aromatic rings. The van der Waals surface area contributed by atoms with Gasteiger partial charge in [-0.2, -0.15) is 0 Å². The predicted octanol–water partition coefficient (Wildman–Crippen LogP) is 21.0. The van der Waals surface area contributed by atoms with Gasteiger partial charge in [-0.05, 0) is 83.5 Å². The standard InChI is InChI=1S/C65H118O6/c1-4-7-10-13-16-19-22-25-28-31-32-35-37-40-43-46-49-52-55-58-64(67)70-61-62(71-65(68)59-56-53-50-47-44-41-38-34-30-27-24-21-18-15-12-9-6-3)60-69-63(66)57-54-51-48-45-42-39-36-33-29-26-23-20-17-14-11-8-5-2/h17-18,20-21,26-27,29-30,62H,4-16,19,22-25,28,31-61H2,1-3H3/b20-17+,21-18+,29-26+,30-27+/t62-/m1/s1. The van der Waals surface area contributed by atoms with Gasteiger partial charge in [0.25, 0.3) is 0 Å². The van der Waals surface area contributed by atoms with Crippen molar-refractivity contribution in [3.05, 3.63) is 48.6 Å². The number of hydrogen-bond acceptors (Lipinski definition) is 6. The summed E-state index contributed by atoms with van der Waals surface area (Å²) in [5.41, 5.74) is 0. The van der Waals surface area contributed by atoms with Crippen LogP contribution in [0.2, 0.25) is 0 Å². The summed E-state index contributed by atoms with van der Waals surface area (Å²) in [6.07, 6.45) is 73.9. The minimum atomic E-state index is -0.779. The number of carbonyl (C=O) groups excluding carboxylic acids is 3. The van der Waals surface area contributed by atoms with Gasteiger partial charge in [0.1, 0.15) is 13.2 Å². The van der Waals surface area contributed by atoms with Crippen molar-refractivity contribution in [1.82, 2.24) is 0 Å². The predicted molar refractivity (Wildman–Crippen MR) is 307 cm³/mol. The Hall–Kier alpha value is -2.63. The van der Waals surface area contributed by atoms with Crippen LogP contribution in [-0.4, -0.2) is 37.2 Å². The Morgan fingerprint density at radius 3 is 0.803 bits per heavy atom. The minimum Gasteiger partial charge on any atom is -0.462 e. The quantitative estimate of drug-likeness (QED) is 0.0261. The van der Waals surface area contributed by atoms with E-state index in [-0.39, 0.29) is 31.1 Å². The summed E-state index contributed by atoms with van der Waals surface area (Å²) < 4.78 is 16.9. The number of unbranched alkanes of at least 4 members (excludes halogenated alkanes) is 38. The SMILES string of the molecule is CCCCC/C=C/C/C=C/CCCCCCCCCC(=O)OC[C@H](COC(=O)CCCCCCCCCCCCCCCCCCCCC)OC(=O)CCCCCCCCC/C=C/C/C=C/CCCCC. The number of carbonyl (C=O) groups is 3. The van der Waals surface area contributed by atoms with Crippen LogP contribution >= 0.6 is 0 Å². The molecule has 0 radical (unpaired) electrons. The number of hydrogen-bond donors (Lipinski definition) is 0. The van der Waals surface area contributed by atoms with Crippen molar-refractivity contribution in [1.29, 1.82) is 0 Å². The van der Waals surface area contributed by atoms with E-state index in [0.717, 1.165) is 83.5 Å². The van der Waals surface area contributed by atoms with Gasteiger partial charge in [-0.1, -0.05) is 275 Å². The van der Waals surface area contributed by atoms with Gasteiger partial charge in [-0.3, -0.25) is 14.4 Å². The van der Waals surface area contributed by atoms with E-state index in [2.05, 4.69) is 69.4 Å². The Balaban J connectivity index is 4.36. The lowest BCUT2D eigenvalue weighted by Crippen LogP contribution is -2.30. The van der Waals surface area contributed by atoms with Gasteiger partial charge >= 0.3 is 17.9 Å². The number of ether oxygens (including phenoxy) is 3. The van der Waals surface area contributed by atoms with Crippen molar-refractivity contribution in [2.24, 2.45) is 0 Å².